The molecule has 0 aromatic carbocycles. The molecule has 0 unspecified atom stereocenters. The van der Waals surface area contributed by atoms with E-state index < -0.39 is 0 Å². The Morgan fingerprint density at radius 1 is 1.00 bits per heavy atom. The van der Waals surface area contributed by atoms with Gasteiger partial charge < -0.3 is 10.6 Å². The van der Waals surface area contributed by atoms with Gasteiger partial charge in [-0.1, -0.05) is 6.07 Å². The highest BCUT2D eigenvalue weighted by Gasteiger charge is 2.25. The Morgan fingerprint density at radius 3 is 2.75 bits per heavy atom. The molecule has 32 heavy (non-hydrogen) atoms. The fraction of sp³-hybridized carbons (Fsp3) is 0.227. The molecule has 160 valence electrons. The van der Waals surface area contributed by atoms with E-state index in [-0.39, 0.29) is 5.69 Å². The Kier molecular flexibility index (Phi) is 4.34. The lowest BCUT2D eigenvalue weighted by atomic mass is 10.2. The van der Waals surface area contributed by atoms with Gasteiger partial charge in [-0.2, -0.15) is 4.98 Å². The summed E-state index contributed by atoms with van der Waals surface area (Å²) in [5, 5.41) is 11.4. The molecule has 0 aliphatic heterocycles. The molecule has 10 heteroatoms. The minimum Gasteiger partial charge on any atom is -0.367 e. The number of anilines is 2. The number of nitrogens with zero attached hydrogens (tertiary/aromatic N) is 6. The fourth-order valence-electron chi connectivity index (χ4n) is 4.33. The zero-order valence-corrected chi connectivity index (χ0v) is 17.1. The maximum atomic E-state index is 12.4. The minimum atomic E-state index is -0.230. The van der Waals surface area contributed by atoms with Crippen molar-refractivity contribution in [2.24, 2.45) is 0 Å². The molecule has 0 radical (unpaired) electrons. The first-order valence-corrected chi connectivity index (χ1v) is 10.6. The first kappa shape index (κ1) is 18.6. The van der Waals surface area contributed by atoms with Crippen molar-refractivity contribution in [1.82, 2.24) is 34.1 Å². The van der Waals surface area contributed by atoms with Gasteiger partial charge in [0.2, 0.25) is 5.95 Å². The molecule has 2 atom stereocenters. The largest absolute Gasteiger partial charge is 0.367 e. The van der Waals surface area contributed by atoms with Gasteiger partial charge in [0, 0.05) is 24.5 Å². The van der Waals surface area contributed by atoms with Gasteiger partial charge in [-0.15, -0.1) is 5.10 Å². The summed E-state index contributed by atoms with van der Waals surface area (Å²) in [5.74, 6) is 1.44. The second-order valence-corrected chi connectivity index (χ2v) is 7.97. The third-order valence-corrected chi connectivity index (χ3v) is 5.82. The first-order chi connectivity index (χ1) is 15.7. The quantitative estimate of drug-likeness (QED) is 0.395. The molecule has 0 bridgehead atoms. The van der Waals surface area contributed by atoms with Crippen LogP contribution in [-0.2, 0) is 0 Å². The van der Waals surface area contributed by atoms with E-state index in [0.29, 0.717) is 29.4 Å². The summed E-state index contributed by atoms with van der Waals surface area (Å²) in [6.07, 6.45) is 8.26. The van der Waals surface area contributed by atoms with Gasteiger partial charge in [0.1, 0.15) is 5.82 Å². The molecule has 1 aliphatic rings. The van der Waals surface area contributed by atoms with Crippen LogP contribution >= 0.6 is 0 Å². The second kappa shape index (κ2) is 7.49. The summed E-state index contributed by atoms with van der Waals surface area (Å²) in [4.78, 5) is 28.4. The number of rotatable bonds is 5. The molecule has 1 saturated carbocycles. The summed E-state index contributed by atoms with van der Waals surface area (Å²) in [6.45, 7) is 0. The molecule has 3 N–H and O–H groups in total. The van der Waals surface area contributed by atoms with E-state index in [1.165, 1.54) is 0 Å². The highest BCUT2D eigenvalue weighted by atomic mass is 16.1. The predicted octanol–water partition coefficient (Wildman–Crippen LogP) is 2.60. The number of aromatic amines is 1. The van der Waals surface area contributed by atoms with Gasteiger partial charge in [-0.3, -0.25) is 9.55 Å². The third kappa shape index (κ3) is 3.35. The van der Waals surface area contributed by atoms with Crippen LogP contribution in [0.1, 0.15) is 19.3 Å². The van der Waals surface area contributed by atoms with Gasteiger partial charge >= 0.3 is 5.69 Å². The normalized spacial score (nSPS) is 18.4. The van der Waals surface area contributed by atoms with Crippen molar-refractivity contribution < 1.29 is 0 Å². The highest BCUT2D eigenvalue weighted by molar-refractivity contribution is 5.72. The maximum absolute atomic E-state index is 12.4. The summed E-state index contributed by atoms with van der Waals surface area (Å²) in [6, 6.07) is 13.9. The van der Waals surface area contributed by atoms with Crippen molar-refractivity contribution in [2.45, 2.75) is 31.3 Å². The molecular weight excluding hydrogens is 406 g/mol. The van der Waals surface area contributed by atoms with E-state index in [4.69, 9.17) is 0 Å². The molecule has 0 saturated heterocycles. The fourth-order valence-corrected chi connectivity index (χ4v) is 4.33. The van der Waals surface area contributed by atoms with E-state index in [0.717, 1.165) is 36.2 Å². The Balaban J connectivity index is 1.12. The van der Waals surface area contributed by atoms with Gasteiger partial charge in [0.05, 0.1) is 17.4 Å². The van der Waals surface area contributed by atoms with Crippen LogP contribution in [-0.4, -0.2) is 46.2 Å². The monoisotopic (exact) mass is 427 g/mol. The average Bonchev–Trinajstić information content (AvgIpc) is 3.50. The summed E-state index contributed by atoms with van der Waals surface area (Å²) >= 11 is 0. The molecule has 0 amide bonds. The van der Waals surface area contributed by atoms with Gasteiger partial charge in [0.25, 0.3) is 0 Å². The van der Waals surface area contributed by atoms with E-state index in [1.54, 1.807) is 21.5 Å². The van der Waals surface area contributed by atoms with Crippen LogP contribution in [0.5, 0.6) is 0 Å². The lowest BCUT2D eigenvalue weighted by Crippen LogP contribution is -2.21. The highest BCUT2D eigenvalue weighted by Crippen LogP contribution is 2.25. The lowest BCUT2D eigenvalue weighted by molar-refractivity contribution is 0.716. The van der Waals surface area contributed by atoms with Gasteiger partial charge in [0.15, 0.2) is 11.3 Å². The first-order valence-electron chi connectivity index (χ1n) is 10.6. The Morgan fingerprint density at radius 2 is 1.91 bits per heavy atom. The smallest absolute Gasteiger partial charge is 0.332 e. The number of aromatic nitrogens is 7. The molecule has 1 fully saturated rings. The molecule has 5 heterocycles. The Hall–Kier alpha value is -4.21. The molecule has 0 spiro atoms. The van der Waals surface area contributed by atoms with E-state index >= 15 is 0 Å². The lowest BCUT2D eigenvalue weighted by Gasteiger charge is -2.14. The van der Waals surface area contributed by atoms with Crippen molar-refractivity contribution in [3.63, 3.8) is 0 Å². The number of nitrogens with one attached hydrogen (secondary N) is 3. The molecule has 5 aromatic heterocycles. The minimum absolute atomic E-state index is 0.230. The zero-order valence-electron chi connectivity index (χ0n) is 17.1. The summed E-state index contributed by atoms with van der Waals surface area (Å²) in [5.41, 5.74) is 2.58. The Bertz CT molecular complexity index is 1420. The number of H-pyrrole nitrogens is 1. The molecule has 10 nitrogen and oxygen atoms in total. The summed E-state index contributed by atoms with van der Waals surface area (Å²) in [7, 11) is 0. The standard InChI is InChI=1S/C22H21N9O/c32-22-28-20-17(4-3-10-23-20)31(22)16-8-9-18(24-13-16)25-14-6-7-15(12-14)26-21-27-19-5-1-2-11-30(19)29-21/h1-5,8-11,13-15H,6-7,12H2,(H,24,25)(H,26,29)(H,23,28,32)/t14-,15-/m0/s1. The molecule has 5 aromatic rings. The average molecular weight is 427 g/mol. The number of imidazole rings is 1. The van der Waals surface area contributed by atoms with Crippen LogP contribution in [0.4, 0.5) is 11.8 Å². The van der Waals surface area contributed by atoms with E-state index in [1.807, 2.05) is 48.7 Å². The zero-order chi connectivity index (χ0) is 21.5. The topological polar surface area (TPSA) is 118 Å². The van der Waals surface area contributed by atoms with Crippen LogP contribution in [0.3, 0.4) is 0 Å². The predicted molar refractivity (Wildman–Crippen MR) is 121 cm³/mol. The Labute approximate surface area is 182 Å². The van der Waals surface area contributed by atoms with Crippen molar-refractivity contribution in [1.29, 1.82) is 0 Å². The molecule has 1 aliphatic carbocycles. The SMILES string of the molecule is O=c1[nH]c2ncccc2n1-c1ccc(N[C@H]2CC[C@H](Nc3nc4ccccn4n3)C2)nc1. The number of hydrogen-bond donors (Lipinski definition) is 3. The summed E-state index contributed by atoms with van der Waals surface area (Å²) < 4.78 is 3.35. The maximum Gasteiger partial charge on any atom is 0.332 e. The van der Waals surface area contributed by atoms with Crippen LogP contribution in [0.15, 0.2) is 65.8 Å². The number of hydrogen-bond acceptors (Lipinski definition) is 7. The van der Waals surface area contributed by atoms with Gasteiger partial charge in [-0.25, -0.2) is 19.3 Å². The number of pyridine rings is 3. The van der Waals surface area contributed by atoms with Crippen molar-refractivity contribution in [2.75, 3.05) is 10.6 Å². The van der Waals surface area contributed by atoms with E-state index in [9.17, 15) is 4.79 Å². The van der Waals surface area contributed by atoms with Crippen LogP contribution < -0.4 is 16.3 Å². The van der Waals surface area contributed by atoms with Crippen molar-refractivity contribution in [3.05, 3.63) is 71.5 Å². The van der Waals surface area contributed by atoms with Crippen LogP contribution in [0.2, 0.25) is 0 Å². The third-order valence-electron chi connectivity index (χ3n) is 5.82. The molecule has 6 rings (SSSR count). The molecular formula is C22H21N9O. The van der Waals surface area contributed by atoms with Crippen LogP contribution in [0, 0.1) is 0 Å². The second-order valence-electron chi connectivity index (χ2n) is 7.97. The van der Waals surface area contributed by atoms with E-state index in [2.05, 4.69) is 35.7 Å². The van der Waals surface area contributed by atoms with Crippen molar-refractivity contribution in [3.8, 4) is 5.69 Å². The van der Waals surface area contributed by atoms with Crippen LogP contribution in [0.25, 0.3) is 22.5 Å². The van der Waals surface area contributed by atoms with Gasteiger partial charge in [-0.05, 0) is 55.7 Å². The van der Waals surface area contributed by atoms with Crippen molar-refractivity contribution >= 4 is 28.6 Å². The number of fused-ring (bicyclic) bond motifs is 2.